The number of aliphatic hydroxyl groups excluding tert-OH is 1. The van der Waals surface area contributed by atoms with Crippen LogP contribution in [0.15, 0.2) is 0 Å². The topological polar surface area (TPSA) is 237 Å². The van der Waals surface area contributed by atoms with Crippen LogP contribution in [0, 0.1) is 23.7 Å². The van der Waals surface area contributed by atoms with Crippen LogP contribution in [-0.2, 0) is 65.4 Å². The molecule has 0 saturated carbocycles. The lowest BCUT2D eigenvalue weighted by molar-refractivity contribution is -0.161. The summed E-state index contributed by atoms with van der Waals surface area (Å²) in [5.41, 5.74) is 0. The van der Waals surface area contributed by atoms with Crippen LogP contribution in [0.1, 0.15) is 344 Å². The molecule has 0 aliphatic rings. The summed E-state index contributed by atoms with van der Waals surface area (Å²) in [6.07, 6.45) is 41.6. The van der Waals surface area contributed by atoms with Gasteiger partial charge in [-0.2, -0.15) is 0 Å². The molecule has 0 aromatic heterocycles. The Morgan fingerprint density at radius 1 is 0.315 bits per heavy atom. The number of hydrogen-bond acceptors (Lipinski definition) is 15. The Labute approximate surface area is 543 Å². The Morgan fingerprint density at radius 2 is 0.539 bits per heavy atom. The maximum atomic E-state index is 13.0. The number of aliphatic hydroxyl groups is 1. The quantitative estimate of drug-likeness (QED) is 0.0222. The Bertz CT molecular complexity index is 1770. The van der Waals surface area contributed by atoms with E-state index in [9.17, 15) is 43.2 Å². The summed E-state index contributed by atoms with van der Waals surface area (Å²) in [4.78, 5) is 72.5. The first-order valence-electron chi connectivity index (χ1n) is 36.3. The van der Waals surface area contributed by atoms with Gasteiger partial charge in [-0.15, -0.1) is 0 Å². The van der Waals surface area contributed by atoms with Crippen LogP contribution in [-0.4, -0.2) is 96.7 Å². The summed E-state index contributed by atoms with van der Waals surface area (Å²) in [7, 11) is -9.90. The minimum atomic E-state index is -4.95. The van der Waals surface area contributed by atoms with E-state index in [2.05, 4.69) is 55.4 Å². The number of carbonyl (C=O) groups is 4. The molecule has 0 amide bonds. The predicted octanol–water partition coefficient (Wildman–Crippen LogP) is 19.7. The minimum absolute atomic E-state index is 0.104. The molecule has 0 fully saturated rings. The van der Waals surface area contributed by atoms with E-state index in [4.69, 9.17) is 37.0 Å². The normalized spacial score (nSPS) is 14.9. The van der Waals surface area contributed by atoms with E-state index in [1.165, 1.54) is 141 Å². The lowest BCUT2D eigenvalue weighted by Gasteiger charge is -2.21. The number of phosphoric ester groups is 2. The van der Waals surface area contributed by atoms with Gasteiger partial charge in [0.05, 0.1) is 26.4 Å². The maximum absolute atomic E-state index is 13.0. The van der Waals surface area contributed by atoms with E-state index in [1.54, 1.807) is 0 Å². The standard InChI is InChI=1S/C70H136O17P2/c1-9-62(7)48-40-32-24-20-21-27-37-45-53-70(75)87-65(56-80-67(72)50-42-34-25-18-14-12-11-13-16-22-30-38-46-60(3)4)58-84-88(76,77)82-54-64(71)55-83-89(78,79)85-59-66(57-81-68(73)51-43-35-29-28-33-41-49-63(8)10-2)86-69(74)52-44-36-26-19-15-17-23-31-39-47-61(5)6/h60-66,71H,9-59H2,1-8H3,(H,76,77)(H,78,79)/t62?,63?,64-,65-,66-/m1/s1. The average Bonchev–Trinajstić information content (AvgIpc) is 3.55. The molecule has 0 spiro atoms. The monoisotopic (exact) mass is 1310 g/mol. The number of carbonyl (C=O) groups excluding carboxylic acids is 4. The van der Waals surface area contributed by atoms with Gasteiger partial charge in [0.2, 0.25) is 0 Å². The molecule has 0 radical (unpaired) electrons. The second-order valence-electron chi connectivity index (χ2n) is 26.7. The molecule has 3 N–H and O–H groups in total. The first-order valence-corrected chi connectivity index (χ1v) is 39.3. The fourth-order valence-electron chi connectivity index (χ4n) is 10.4. The van der Waals surface area contributed by atoms with Crippen molar-refractivity contribution in [2.45, 2.75) is 363 Å². The van der Waals surface area contributed by atoms with Gasteiger partial charge in [0.1, 0.15) is 19.3 Å². The second-order valence-corrected chi connectivity index (χ2v) is 29.6. The van der Waals surface area contributed by atoms with Crippen molar-refractivity contribution in [3.8, 4) is 0 Å². The highest BCUT2D eigenvalue weighted by Crippen LogP contribution is 2.45. The molecule has 89 heavy (non-hydrogen) atoms. The fraction of sp³-hybridized carbons (Fsp3) is 0.943. The molecule has 0 saturated heterocycles. The molecule has 17 nitrogen and oxygen atoms in total. The Balaban J connectivity index is 5.26. The first kappa shape index (κ1) is 87.1. The third-order valence-electron chi connectivity index (χ3n) is 16.8. The number of unbranched alkanes of at least 4 members (excludes halogenated alkanes) is 31. The van der Waals surface area contributed by atoms with Crippen LogP contribution in [0.5, 0.6) is 0 Å². The number of phosphoric acid groups is 2. The van der Waals surface area contributed by atoms with Gasteiger partial charge in [-0.1, -0.05) is 293 Å². The molecule has 0 bridgehead atoms. The number of hydrogen-bond donors (Lipinski definition) is 3. The van der Waals surface area contributed by atoms with Crippen molar-refractivity contribution in [3.63, 3.8) is 0 Å². The molecular formula is C70H136O17P2. The lowest BCUT2D eigenvalue weighted by atomic mass is 9.99. The van der Waals surface area contributed by atoms with Gasteiger partial charge in [-0.25, -0.2) is 9.13 Å². The van der Waals surface area contributed by atoms with Gasteiger partial charge in [0.25, 0.3) is 0 Å². The number of esters is 4. The Morgan fingerprint density at radius 3 is 0.798 bits per heavy atom. The summed E-state index contributed by atoms with van der Waals surface area (Å²) in [6, 6.07) is 0. The molecule has 0 heterocycles. The molecule has 7 atom stereocenters. The summed E-state index contributed by atoms with van der Waals surface area (Å²) in [6.45, 7) is 14.1. The molecule has 0 rings (SSSR count). The van der Waals surface area contributed by atoms with Crippen LogP contribution < -0.4 is 0 Å². The predicted molar refractivity (Wildman–Crippen MR) is 358 cm³/mol. The molecule has 0 aromatic rings. The molecular weight excluding hydrogens is 1170 g/mol. The van der Waals surface area contributed by atoms with E-state index in [0.717, 1.165) is 120 Å². The van der Waals surface area contributed by atoms with E-state index in [0.29, 0.717) is 25.7 Å². The summed E-state index contributed by atoms with van der Waals surface area (Å²) in [5, 5.41) is 10.6. The zero-order chi connectivity index (χ0) is 66.1. The van der Waals surface area contributed by atoms with Crippen molar-refractivity contribution in [1.82, 2.24) is 0 Å². The highest BCUT2D eigenvalue weighted by atomic mass is 31.2. The summed E-state index contributed by atoms with van der Waals surface area (Å²) < 4.78 is 68.3. The van der Waals surface area contributed by atoms with Crippen LogP contribution in [0.25, 0.3) is 0 Å². The van der Waals surface area contributed by atoms with Crippen molar-refractivity contribution in [3.05, 3.63) is 0 Å². The lowest BCUT2D eigenvalue weighted by Crippen LogP contribution is -2.30. The van der Waals surface area contributed by atoms with E-state index >= 15 is 0 Å². The third-order valence-corrected chi connectivity index (χ3v) is 18.7. The molecule has 4 unspecified atom stereocenters. The van der Waals surface area contributed by atoms with E-state index in [-0.39, 0.29) is 25.7 Å². The second kappa shape index (κ2) is 59.8. The highest BCUT2D eigenvalue weighted by Gasteiger charge is 2.30. The van der Waals surface area contributed by atoms with Crippen molar-refractivity contribution < 1.29 is 80.2 Å². The zero-order valence-electron chi connectivity index (χ0n) is 58.1. The fourth-order valence-corrected chi connectivity index (χ4v) is 12.0. The summed E-state index contributed by atoms with van der Waals surface area (Å²) in [5.74, 6) is 0.887. The molecule has 19 heteroatoms. The zero-order valence-corrected chi connectivity index (χ0v) is 59.8. The van der Waals surface area contributed by atoms with Gasteiger partial charge in [-0.3, -0.25) is 37.3 Å². The van der Waals surface area contributed by atoms with Crippen LogP contribution in [0.2, 0.25) is 0 Å². The molecule has 0 aliphatic heterocycles. The first-order chi connectivity index (χ1) is 42.7. The van der Waals surface area contributed by atoms with Gasteiger partial charge in [0, 0.05) is 25.7 Å². The SMILES string of the molecule is CCC(C)CCCCCCCCCCC(=O)O[C@H](COC(=O)CCCCCCCCCCCCCCC(C)C)COP(=O)(O)OC[C@@H](O)COP(=O)(O)OC[C@@H](COC(=O)CCCCCCCCC(C)CC)OC(=O)CCCCCCCCCCCC(C)C. The van der Waals surface area contributed by atoms with Gasteiger partial charge >= 0.3 is 39.5 Å². The van der Waals surface area contributed by atoms with Crippen LogP contribution in [0.3, 0.4) is 0 Å². The van der Waals surface area contributed by atoms with Crippen LogP contribution >= 0.6 is 15.6 Å². The minimum Gasteiger partial charge on any atom is -0.462 e. The molecule has 0 aliphatic carbocycles. The smallest absolute Gasteiger partial charge is 0.462 e. The summed E-state index contributed by atoms with van der Waals surface area (Å²) >= 11 is 0. The average molecular weight is 1310 g/mol. The third kappa shape index (κ3) is 62.0. The largest absolute Gasteiger partial charge is 0.472 e. The van der Waals surface area contributed by atoms with E-state index in [1.807, 2.05) is 0 Å². The Hall–Kier alpha value is -1.94. The number of rotatable bonds is 67. The molecule has 528 valence electrons. The maximum Gasteiger partial charge on any atom is 0.472 e. The highest BCUT2D eigenvalue weighted by molar-refractivity contribution is 7.47. The van der Waals surface area contributed by atoms with Gasteiger partial charge < -0.3 is 33.8 Å². The van der Waals surface area contributed by atoms with E-state index < -0.39 is 97.5 Å². The Kier molecular flexibility index (Phi) is 58.5. The van der Waals surface area contributed by atoms with Gasteiger partial charge in [-0.05, 0) is 49.4 Å². The van der Waals surface area contributed by atoms with Crippen molar-refractivity contribution in [2.75, 3.05) is 39.6 Å². The van der Waals surface area contributed by atoms with Gasteiger partial charge in [0.15, 0.2) is 12.2 Å². The van der Waals surface area contributed by atoms with Crippen molar-refractivity contribution in [1.29, 1.82) is 0 Å². The molecule has 0 aromatic carbocycles. The van der Waals surface area contributed by atoms with Crippen molar-refractivity contribution >= 4 is 39.5 Å². The van der Waals surface area contributed by atoms with Crippen LogP contribution in [0.4, 0.5) is 0 Å². The van der Waals surface area contributed by atoms with Crippen molar-refractivity contribution in [2.24, 2.45) is 23.7 Å². The number of ether oxygens (including phenoxy) is 4.